The molecule has 8 rings (SSSR count). The minimum atomic E-state index is -2.63. The first-order valence-corrected chi connectivity index (χ1v) is 24.9. The average molecular weight is 1070 g/mol. The van der Waals surface area contributed by atoms with Gasteiger partial charge in [0, 0.05) is 73.1 Å². The van der Waals surface area contributed by atoms with Crippen LogP contribution in [0.2, 0.25) is 0 Å². The molecule has 2 N–H and O–H groups in total. The Hall–Kier alpha value is -5.94. The molecule has 0 unspecified atom stereocenters. The topological polar surface area (TPSA) is 197 Å². The third-order valence-electron chi connectivity index (χ3n) is 11.9. The van der Waals surface area contributed by atoms with Crippen molar-refractivity contribution in [3.63, 3.8) is 0 Å². The van der Waals surface area contributed by atoms with Crippen LogP contribution in [0, 0.1) is 10.8 Å². The Balaban J connectivity index is 0.000000214. The van der Waals surface area contributed by atoms with Crippen molar-refractivity contribution in [2.24, 2.45) is 10.8 Å². The highest BCUT2D eigenvalue weighted by Crippen LogP contribution is 2.36. The van der Waals surface area contributed by atoms with Crippen molar-refractivity contribution >= 4 is 40.5 Å². The Morgan fingerprint density at radius 2 is 1.01 bits per heavy atom. The van der Waals surface area contributed by atoms with E-state index in [1.165, 1.54) is 32.6 Å². The average Bonchev–Trinajstić information content (AvgIpc) is 3.97. The van der Waals surface area contributed by atoms with Crippen LogP contribution in [0.5, 0.6) is 11.8 Å². The third kappa shape index (κ3) is 16.8. The predicted molar refractivity (Wildman–Crippen MR) is 263 cm³/mol. The molecule has 4 fully saturated rings. The molecule has 408 valence electrons. The number of carbonyl (C=O) groups excluding carboxylic acids is 3. The molecule has 2 saturated carbocycles. The van der Waals surface area contributed by atoms with Crippen LogP contribution in [0.4, 0.5) is 42.8 Å². The molecule has 4 aliphatic rings. The van der Waals surface area contributed by atoms with Gasteiger partial charge in [-0.1, -0.05) is 41.5 Å². The van der Waals surface area contributed by atoms with Crippen LogP contribution in [-0.2, 0) is 27.7 Å². The highest BCUT2D eigenvalue weighted by molar-refractivity contribution is 6.64. The standard InChI is InChI=1S/C22H29F3N6O3.C22H29F3N6O2.C5H9ClO/c1-21(2,3)34-20(32)30-12-16(13-30)33-18-10-17(26-14-4-7-22(24,25)8-5-14)27-19(28-18)31-9-6-15(11-23)29-31;1-21(2,3)19(32)30-12-16(13-30)33-18-10-17(26-14-4-7-22(24,25)8-5-14)27-20(28-18)31-9-6-15(11-23)29-31;1-5(2,3)4(6)7/h6,9-10,14,16H,4-5,7-8,11-13H2,1-3H3,(H,26,27,28);6,9-10,14,16H,4-5,7-8,11-13H2,1-3H3,(H,26,27,28);1-3H3. The molecule has 18 nitrogen and oxygen atoms in total. The summed E-state index contributed by atoms with van der Waals surface area (Å²) in [6.45, 7) is 16.5. The van der Waals surface area contributed by atoms with E-state index < -0.39 is 42.3 Å². The Morgan fingerprint density at radius 3 is 1.34 bits per heavy atom. The molecule has 2 saturated heterocycles. The minimum Gasteiger partial charge on any atom is -0.470 e. The maximum Gasteiger partial charge on any atom is 0.410 e. The Bertz CT molecular complexity index is 2530. The van der Waals surface area contributed by atoms with Gasteiger partial charge in [0.1, 0.15) is 42.8 Å². The molecule has 2 aliphatic heterocycles. The van der Waals surface area contributed by atoms with Gasteiger partial charge in [-0.2, -0.15) is 30.1 Å². The SMILES string of the molecule is CC(C)(C)C(=O)Cl.CC(C)(C)C(=O)N1CC(Oc2cc(NC3CCC(F)(F)CC3)nc(-n3ccc(CF)n3)n2)C1.CC(C)(C)OC(=O)N1CC(Oc2cc(NC3CCC(F)(F)CC3)nc(-n3ccc(CF)n3)n2)C1. The zero-order chi connectivity index (χ0) is 54.4. The molecule has 4 aromatic rings. The molecule has 0 bridgehead atoms. The molecule has 0 spiro atoms. The monoisotopic (exact) mass is 1070 g/mol. The lowest BCUT2D eigenvalue weighted by molar-refractivity contribution is -0.148. The number of nitrogens with one attached hydrogen (secondary N) is 2. The molecular formula is C49H67ClF6N12O6. The van der Waals surface area contributed by atoms with Crippen molar-refractivity contribution in [3.8, 4) is 23.7 Å². The van der Waals surface area contributed by atoms with Crippen LogP contribution >= 0.6 is 11.6 Å². The first-order chi connectivity index (χ1) is 34.5. The first-order valence-electron chi connectivity index (χ1n) is 24.6. The van der Waals surface area contributed by atoms with Crippen molar-refractivity contribution in [2.45, 2.75) is 169 Å². The first kappa shape index (κ1) is 57.3. The van der Waals surface area contributed by atoms with Crippen LogP contribution in [0.15, 0.2) is 36.7 Å². The van der Waals surface area contributed by atoms with Gasteiger partial charge < -0.3 is 34.6 Å². The summed E-state index contributed by atoms with van der Waals surface area (Å²) in [5, 5.41) is 14.3. The number of hydrogen-bond donors (Lipinski definition) is 2. The van der Waals surface area contributed by atoms with Crippen LogP contribution in [0.25, 0.3) is 11.9 Å². The highest BCUT2D eigenvalue weighted by Gasteiger charge is 2.40. The summed E-state index contributed by atoms with van der Waals surface area (Å²) in [7, 11) is 0. The van der Waals surface area contributed by atoms with Crippen molar-refractivity contribution in [1.29, 1.82) is 0 Å². The van der Waals surface area contributed by atoms with Crippen molar-refractivity contribution in [2.75, 3.05) is 36.8 Å². The van der Waals surface area contributed by atoms with Gasteiger partial charge >= 0.3 is 6.09 Å². The van der Waals surface area contributed by atoms with Crippen LogP contribution in [0.1, 0.15) is 125 Å². The molecule has 0 radical (unpaired) electrons. The normalized spacial score (nSPS) is 18.4. The zero-order valence-electron chi connectivity index (χ0n) is 43.2. The molecule has 25 heteroatoms. The van der Waals surface area contributed by atoms with Crippen LogP contribution in [0.3, 0.4) is 0 Å². The minimum absolute atomic E-state index is 0.0532. The number of ether oxygens (including phenoxy) is 3. The van der Waals surface area contributed by atoms with Crippen molar-refractivity contribution < 1.29 is 54.9 Å². The second kappa shape index (κ2) is 23.3. The van der Waals surface area contributed by atoms with E-state index in [1.807, 2.05) is 20.8 Å². The van der Waals surface area contributed by atoms with E-state index in [-0.39, 0.29) is 102 Å². The van der Waals surface area contributed by atoms with E-state index in [0.29, 0.717) is 63.5 Å². The second-order valence-corrected chi connectivity index (χ2v) is 22.3. The van der Waals surface area contributed by atoms with E-state index in [9.17, 15) is 40.7 Å². The number of aromatic nitrogens is 8. The van der Waals surface area contributed by atoms with Crippen LogP contribution < -0.4 is 20.1 Å². The fourth-order valence-electron chi connectivity index (χ4n) is 7.66. The molecular weight excluding hydrogens is 1000 g/mol. The molecule has 4 aromatic heterocycles. The van der Waals surface area contributed by atoms with Gasteiger partial charge in [-0.3, -0.25) is 9.59 Å². The number of anilines is 2. The maximum absolute atomic E-state index is 13.5. The quantitative estimate of drug-likeness (QED) is 0.100. The summed E-state index contributed by atoms with van der Waals surface area (Å²) < 4.78 is 99.9. The summed E-state index contributed by atoms with van der Waals surface area (Å²) >= 11 is 5.11. The molecule has 6 heterocycles. The fraction of sp³-hybridized carbons (Fsp3) is 0.653. The van der Waals surface area contributed by atoms with Gasteiger partial charge in [0.25, 0.3) is 11.9 Å². The summed E-state index contributed by atoms with van der Waals surface area (Å²) in [6.07, 6.45) is 2.69. The number of amides is 2. The van der Waals surface area contributed by atoms with Crippen molar-refractivity contribution in [3.05, 3.63) is 48.0 Å². The van der Waals surface area contributed by atoms with Gasteiger partial charge in [0.2, 0.25) is 34.8 Å². The summed E-state index contributed by atoms with van der Waals surface area (Å²) in [6, 6.07) is 5.92. The van der Waals surface area contributed by atoms with E-state index >= 15 is 0 Å². The largest absolute Gasteiger partial charge is 0.470 e. The number of halogens is 7. The van der Waals surface area contributed by atoms with Gasteiger partial charge in [-0.25, -0.2) is 40.5 Å². The molecule has 0 atom stereocenters. The Morgan fingerprint density at radius 1 is 0.635 bits per heavy atom. The molecule has 74 heavy (non-hydrogen) atoms. The molecule has 2 aliphatic carbocycles. The van der Waals surface area contributed by atoms with Gasteiger partial charge in [-0.15, -0.1) is 0 Å². The van der Waals surface area contributed by atoms with Crippen LogP contribution in [-0.4, -0.2) is 134 Å². The number of alkyl halides is 6. The maximum atomic E-state index is 13.5. The van der Waals surface area contributed by atoms with E-state index in [4.69, 9.17) is 25.8 Å². The number of carbonyl (C=O) groups is 3. The zero-order valence-corrected chi connectivity index (χ0v) is 44.0. The van der Waals surface area contributed by atoms with E-state index in [1.54, 1.807) is 64.8 Å². The smallest absolute Gasteiger partial charge is 0.410 e. The highest BCUT2D eigenvalue weighted by atomic mass is 35.5. The Kier molecular flexibility index (Phi) is 18.1. The van der Waals surface area contributed by atoms with E-state index in [0.717, 1.165) is 0 Å². The van der Waals surface area contributed by atoms with Gasteiger partial charge in [-0.05, 0) is 70.2 Å². The Labute approximate surface area is 431 Å². The second-order valence-electron chi connectivity index (χ2n) is 22.0. The molecule has 0 aromatic carbocycles. The number of nitrogens with zero attached hydrogens (tertiary/aromatic N) is 10. The summed E-state index contributed by atoms with van der Waals surface area (Å²) in [4.78, 5) is 55.6. The lowest BCUT2D eigenvalue weighted by atomic mass is 9.92. The van der Waals surface area contributed by atoms with Crippen molar-refractivity contribution in [1.82, 2.24) is 49.3 Å². The van der Waals surface area contributed by atoms with E-state index in [2.05, 4.69) is 40.8 Å². The van der Waals surface area contributed by atoms with Gasteiger partial charge in [0.05, 0.1) is 37.6 Å². The number of hydrogen-bond acceptors (Lipinski definition) is 14. The lowest BCUT2D eigenvalue weighted by Crippen LogP contribution is -2.58. The summed E-state index contributed by atoms with van der Waals surface area (Å²) in [5.41, 5.74) is -0.956. The lowest BCUT2D eigenvalue weighted by Gasteiger charge is -2.41. The van der Waals surface area contributed by atoms with Gasteiger partial charge in [0.15, 0.2) is 0 Å². The third-order valence-corrected chi connectivity index (χ3v) is 12.5. The number of likely N-dealkylation sites (tertiary alicyclic amines) is 2. The molecule has 2 amide bonds. The number of rotatable bonds is 12. The predicted octanol–water partition coefficient (Wildman–Crippen LogP) is 9.67. The fourth-order valence-corrected chi connectivity index (χ4v) is 7.66. The summed E-state index contributed by atoms with van der Waals surface area (Å²) in [5.74, 6) is -3.54.